The van der Waals surface area contributed by atoms with E-state index in [0.29, 0.717) is 0 Å². The molecule has 0 saturated carbocycles. The van der Waals surface area contributed by atoms with Crippen molar-refractivity contribution in [3.63, 3.8) is 0 Å². The molecule has 2 heterocycles. The van der Waals surface area contributed by atoms with Crippen LogP contribution < -0.4 is 5.32 Å². The maximum Gasteiger partial charge on any atom is 0.264 e. The normalized spacial score (nSPS) is 19.4. The molecule has 0 spiro atoms. The molecule has 0 aliphatic carbocycles. The fourth-order valence-electron chi connectivity index (χ4n) is 1.84. The van der Waals surface area contributed by atoms with Gasteiger partial charge in [-0.15, -0.1) is 0 Å². The average molecular weight is 317 g/mol. The van der Waals surface area contributed by atoms with E-state index in [1.165, 1.54) is 0 Å². The number of nitrogens with one attached hydrogen (secondary N) is 1. The molecular weight excluding hydrogens is 305 g/mol. The van der Waals surface area contributed by atoms with E-state index in [1.54, 1.807) is 0 Å². The Hall–Kier alpha value is -1.94. The second kappa shape index (κ2) is 5.82. The van der Waals surface area contributed by atoms with Gasteiger partial charge in [0.15, 0.2) is 0 Å². The zero-order chi connectivity index (χ0) is 15.6. The third-order valence-electron chi connectivity index (χ3n) is 2.81. The van der Waals surface area contributed by atoms with Gasteiger partial charge >= 0.3 is 0 Å². The van der Waals surface area contributed by atoms with Crippen LogP contribution in [0.25, 0.3) is 0 Å². The number of amides is 2. The van der Waals surface area contributed by atoms with E-state index in [4.69, 9.17) is 0 Å². The number of carbonyl (C=O) groups excluding carboxylic acids is 2. The van der Waals surface area contributed by atoms with E-state index in [9.17, 15) is 22.4 Å². The predicted octanol–water partition coefficient (Wildman–Crippen LogP) is -0.388. The summed E-state index contributed by atoms with van der Waals surface area (Å²) >= 11 is 0. The molecule has 8 nitrogen and oxygen atoms in total. The van der Waals surface area contributed by atoms with Crippen molar-refractivity contribution in [3.05, 3.63) is 23.3 Å². The van der Waals surface area contributed by atoms with Crippen molar-refractivity contribution in [2.24, 2.45) is 0 Å². The number of rotatable bonds is 4. The van der Waals surface area contributed by atoms with Crippen LogP contribution in [0.15, 0.2) is 6.07 Å². The maximum atomic E-state index is 14.0. The Balaban J connectivity index is 2.16. The number of piperidine rings is 1. The summed E-state index contributed by atoms with van der Waals surface area (Å²) in [4.78, 5) is 22.7. The Morgan fingerprint density at radius 1 is 1.43 bits per heavy atom. The highest BCUT2D eigenvalue weighted by Gasteiger charge is 2.31. The molecule has 0 radical (unpaired) electrons. The van der Waals surface area contributed by atoms with Crippen molar-refractivity contribution >= 4 is 21.9 Å². The minimum atomic E-state index is -3.67. The highest BCUT2D eigenvalue weighted by atomic mass is 32.2. The van der Waals surface area contributed by atoms with Gasteiger partial charge in [-0.25, -0.2) is 4.39 Å². The van der Waals surface area contributed by atoms with E-state index in [0.717, 1.165) is 12.3 Å². The molecule has 1 N–H and O–H groups in total. The largest absolute Gasteiger partial charge is 0.296 e. The second-order valence-corrected chi connectivity index (χ2v) is 6.18. The Labute approximate surface area is 119 Å². The van der Waals surface area contributed by atoms with Gasteiger partial charge in [0.2, 0.25) is 11.8 Å². The SMILES string of the molecule is CS(=O)(=O)OCc1cc(F)c(C2CCC(=O)NC2=O)nn1. The molecule has 1 unspecified atom stereocenters. The van der Waals surface area contributed by atoms with Crippen LogP contribution in [0.1, 0.15) is 30.1 Å². The topological polar surface area (TPSA) is 115 Å². The number of imide groups is 1. The van der Waals surface area contributed by atoms with Crippen molar-refractivity contribution in [2.75, 3.05) is 6.26 Å². The number of nitrogens with zero attached hydrogens (tertiary/aromatic N) is 2. The maximum absolute atomic E-state index is 14.0. The molecule has 1 aliphatic rings. The van der Waals surface area contributed by atoms with Gasteiger partial charge < -0.3 is 0 Å². The van der Waals surface area contributed by atoms with Crippen molar-refractivity contribution in [2.45, 2.75) is 25.4 Å². The zero-order valence-electron chi connectivity index (χ0n) is 11.0. The molecule has 1 saturated heterocycles. The summed E-state index contributed by atoms with van der Waals surface area (Å²) in [5.41, 5.74) is -0.197. The Kier molecular flexibility index (Phi) is 4.28. The first kappa shape index (κ1) is 15.4. The molecule has 21 heavy (non-hydrogen) atoms. The minimum Gasteiger partial charge on any atom is -0.296 e. The number of hydrogen-bond acceptors (Lipinski definition) is 7. The lowest BCUT2D eigenvalue weighted by Crippen LogP contribution is -2.40. The average Bonchev–Trinajstić information content (AvgIpc) is 2.37. The van der Waals surface area contributed by atoms with E-state index in [-0.39, 0.29) is 24.2 Å². The molecule has 0 bridgehead atoms. The molecule has 2 amide bonds. The van der Waals surface area contributed by atoms with Gasteiger partial charge in [0.1, 0.15) is 18.1 Å². The van der Waals surface area contributed by atoms with Gasteiger partial charge in [-0.3, -0.25) is 19.1 Å². The van der Waals surface area contributed by atoms with Crippen molar-refractivity contribution in [3.8, 4) is 0 Å². The Morgan fingerprint density at radius 3 is 2.71 bits per heavy atom. The molecular formula is C11H12FN3O5S. The van der Waals surface area contributed by atoms with E-state index >= 15 is 0 Å². The van der Waals surface area contributed by atoms with E-state index < -0.39 is 40.3 Å². The van der Waals surface area contributed by atoms with Gasteiger partial charge in [0, 0.05) is 12.5 Å². The van der Waals surface area contributed by atoms with Gasteiger partial charge in [-0.1, -0.05) is 0 Å². The van der Waals surface area contributed by atoms with Crippen LogP contribution in [0.5, 0.6) is 0 Å². The highest BCUT2D eigenvalue weighted by Crippen LogP contribution is 2.25. The van der Waals surface area contributed by atoms with Crippen molar-refractivity contribution in [1.29, 1.82) is 0 Å². The standard InChI is InChI=1S/C11H12FN3O5S/c1-21(18,19)20-5-6-4-8(12)10(15-14-6)7-2-3-9(16)13-11(7)17/h4,7H,2-3,5H2,1H3,(H,13,16,17). The van der Waals surface area contributed by atoms with E-state index in [1.807, 2.05) is 0 Å². The van der Waals surface area contributed by atoms with Gasteiger partial charge in [0.25, 0.3) is 10.1 Å². The second-order valence-electron chi connectivity index (χ2n) is 4.54. The molecule has 10 heteroatoms. The summed E-state index contributed by atoms with van der Waals surface area (Å²) in [6, 6.07) is 0.956. The molecule has 1 atom stereocenters. The zero-order valence-corrected chi connectivity index (χ0v) is 11.8. The van der Waals surface area contributed by atoms with Gasteiger partial charge in [-0.2, -0.15) is 18.6 Å². The smallest absolute Gasteiger partial charge is 0.264 e. The highest BCUT2D eigenvalue weighted by molar-refractivity contribution is 7.85. The molecule has 1 fully saturated rings. The Morgan fingerprint density at radius 2 is 2.14 bits per heavy atom. The predicted molar refractivity (Wildman–Crippen MR) is 66.7 cm³/mol. The molecule has 1 aromatic heterocycles. The van der Waals surface area contributed by atoms with E-state index in [2.05, 4.69) is 19.7 Å². The number of halogens is 1. The first-order chi connectivity index (χ1) is 9.76. The Bertz CT molecular complexity index is 691. The molecule has 114 valence electrons. The first-order valence-corrected chi connectivity index (χ1v) is 7.78. The summed E-state index contributed by atoms with van der Waals surface area (Å²) in [6.07, 6.45) is 1.10. The fraction of sp³-hybridized carbons (Fsp3) is 0.455. The summed E-state index contributed by atoms with van der Waals surface area (Å²) in [5.74, 6) is -2.73. The number of carbonyl (C=O) groups is 2. The third-order valence-corrected chi connectivity index (χ3v) is 3.36. The van der Waals surface area contributed by atoms with Gasteiger partial charge in [-0.05, 0) is 6.42 Å². The lowest BCUT2D eigenvalue weighted by atomic mass is 9.94. The molecule has 1 aliphatic heterocycles. The molecule has 1 aromatic rings. The molecule has 2 rings (SSSR count). The van der Waals surface area contributed by atoms with Crippen LogP contribution in [0.4, 0.5) is 4.39 Å². The van der Waals surface area contributed by atoms with Crippen LogP contribution in [0.2, 0.25) is 0 Å². The monoisotopic (exact) mass is 317 g/mol. The summed E-state index contributed by atoms with van der Waals surface area (Å²) in [6.45, 7) is -0.446. The first-order valence-electron chi connectivity index (χ1n) is 5.96. The summed E-state index contributed by atoms with van der Waals surface area (Å²) < 4.78 is 40.1. The van der Waals surface area contributed by atoms with Crippen LogP contribution in [0, 0.1) is 5.82 Å². The minimum absolute atomic E-state index is 0.0195. The quantitative estimate of drug-likeness (QED) is 0.594. The van der Waals surface area contributed by atoms with Crippen LogP contribution >= 0.6 is 0 Å². The molecule has 0 aromatic carbocycles. The third kappa shape index (κ3) is 4.02. The summed E-state index contributed by atoms with van der Waals surface area (Å²) in [7, 11) is -3.67. The summed E-state index contributed by atoms with van der Waals surface area (Å²) in [5, 5.41) is 9.33. The van der Waals surface area contributed by atoms with Crippen molar-refractivity contribution in [1.82, 2.24) is 15.5 Å². The van der Waals surface area contributed by atoms with Crippen LogP contribution in [-0.4, -0.2) is 36.7 Å². The van der Waals surface area contributed by atoms with Crippen LogP contribution in [-0.2, 0) is 30.5 Å². The number of hydrogen-bond donors (Lipinski definition) is 1. The lowest BCUT2D eigenvalue weighted by Gasteiger charge is -2.20. The lowest BCUT2D eigenvalue weighted by molar-refractivity contribution is -0.134. The van der Waals surface area contributed by atoms with Crippen molar-refractivity contribution < 1.29 is 26.6 Å². The fourth-order valence-corrected chi connectivity index (χ4v) is 2.18. The van der Waals surface area contributed by atoms with Gasteiger partial charge in [0.05, 0.1) is 17.9 Å². The number of aromatic nitrogens is 2. The van der Waals surface area contributed by atoms with Crippen LogP contribution in [0.3, 0.4) is 0 Å².